The standard InChI is InChI=1S/C17H22N6O2/c24-15-14(20-17(25)21-15)11-12-3-6-18-16(19-12)23-9-4-13(5-10-23)22-7-1-2-8-22/h3,6,11,13H,1-2,4-5,7-10H2,(H2,20,21,24,25)/b14-11+. The van der Waals surface area contributed by atoms with Crippen molar-refractivity contribution in [2.75, 3.05) is 31.1 Å². The molecule has 25 heavy (non-hydrogen) atoms. The number of amides is 3. The molecule has 0 unspecified atom stereocenters. The van der Waals surface area contributed by atoms with Crippen molar-refractivity contribution in [1.29, 1.82) is 0 Å². The normalized spacial score (nSPS) is 24.0. The summed E-state index contributed by atoms with van der Waals surface area (Å²) >= 11 is 0. The number of aromatic nitrogens is 2. The zero-order valence-corrected chi connectivity index (χ0v) is 14.1. The minimum atomic E-state index is -0.505. The Morgan fingerprint density at radius 3 is 2.52 bits per heavy atom. The SMILES string of the molecule is O=C1NC(=O)/C(=C\c2ccnc(N3CCC(N4CCCC4)CC3)n2)N1. The zero-order chi connectivity index (χ0) is 17.2. The van der Waals surface area contributed by atoms with Gasteiger partial charge in [-0.1, -0.05) is 0 Å². The number of urea groups is 1. The molecule has 0 radical (unpaired) electrons. The fourth-order valence-corrected chi connectivity index (χ4v) is 3.76. The van der Waals surface area contributed by atoms with Crippen molar-refractivity contribution < 1.29 is 9.59 Å². The molecule has 4 rings (SSSR count). The van der Waals surface area contributed by atoms with Crippen molar-refractivity contribution >= 4 is 24.0 Å². The Hall–Kier alpha value is -2.48. The molecular weight excluding hydrogens is 320 g/mol. The molecule has 8 heteroatoms. The summed E-state index contributed by atoms with van der Waals surface area (Å²) in [5, 5.41) is 4.65. The number of hydrogen-bond acceptors (Lipinski definition) is 6. The van der Waals surface area contributed by atoms with Crippen molar-refractivity contribution in [3.63, 3.8) is 0 Å². The molecule has 8 nitrogen and oxygen atoms in total. The highest BCUT2D eigenvalue weighted by molar-refractivity contribution is 6.13. The van der Waals surface area contributed by atoms with Gasteiger partial charge in [0.25, 0.3) is 5.91 Å². The van der Waals surface area contributed by atoms with Gasteiger partial charge in [0.2, 0.25) is 5.95 Å². The number of rotatable bonds is 3. The maximum absolute atomic E-state index is 11.6. The lowest BCUT2D eigenvalue weighted by molar-refractivity contribution is -0.115. The van der Waals surface area contributed by atoms with Crippen molar-refractivity contribution in [2.45, 2.75) is 31.7 Å². The van der Waals surface area contributed by atoms with Gasteiger partial charge in [0.1, 0.15) is 5.70 Å². The molecule has 0 saturated carbocycles. The van der Waals surface area contributed by atoms with Gasteiger partial charge in [-0.15, -0.1) is 0 Å². The van der Waals surface area contributed by atoms with E-state index < -0.39 is 11.9 Å². The lowest BCUT2D eigenvalue weighted by Crippen LogP contribution is -2.44. The third-order valence-corrected chi connectivity index (χ3v) is 5.08. The second-order valence-electron chi connectivity index (χ2n) is 6.71. The van der Waals surface area contributed by atoms with Crippen LogP contribution in [0, 0.1) is 0 Å². The van der Waals surface area contributed by atoms with Crippen LogP contribution in [-0.4, -0.2) is 59.0 Å². The number of nitrogens with zero attached hydrogens (tertiary/aromatic N) is 4. The van der Waals surface area contributed by atoms with Crippen LogP contribution in [0.15, 0.2) is 18.0 Å². The van der Waals surface area contributed by atoms with Gasteiger partial charge in [-0.25, -0.2) is 14.8 Å². The topological polar surface area (TPSA) is 90.5 Å². The molecule has 3 saturated heterocycles. The average molecular weight is 342 g/mol. The first-order chi connectivity index (χ1) is 12.2. The second kappa shape index (κ2) is 6.79. The molecule has 2 N–H and O–H groups in total. The van der Waals surface area contributed by atoms with Gasteiger partial charge in [0.15, 0.2) is 0 Å². The monoisotopic (exact) mass is 342 g/mol. The van der Waals surface area contributed by atoms with E-state index in [1.165, 1.54) is 25.9 Å². The number of nitrogens with one attached hydrogen (secondary N) is 2. The molecule has 4 heterocycles. The summed E-state index contributed by atoms with van der Waals surface area (Å²) in [7, 11) is 0. The highest BCUT2D eigenvalue weighted by Gasteiger charge is 2.27. The Balaban J connectivity index is 1.43. The number of hydrogen-bond donors (Lipinski definition) is 2. The number of likely N-dealkylation sites (tertiary alicyclic amines) is 1. The van der Waals surface area contributed by atoms with E-state index >= 15 is 0 Å². The average Bonchev–Trinajstić information content (AvgIpc) is 3.26. The van der Waals surface area contributed by atoms with Gasteiger partial charge in [-0.2, -0.15) is 0 Å². The fraction of sp³-hybridized carbons (Fsp3) is 0.529. The minimum absolute atomic E-state index is 0.211. The number of carbonyl (C=O) groups is 2. The van der Waals surface area contributed by atoms with Crippen LogP contribution in [0.2, 0.25) is 0 Å². The zero-order valence-electron chi connectivity index (χ0n) is 14.1. The first-order valence-corrected chi connectivity index (χ1v) is 8.85. The van der Waals surface area contributed by atoms with Crippen LogP contribution in [-0.2, 0) is 4.79 Å². The van der Waals surface area contributed by atoms with Gasteiger partial charge < -0.3 is 15.1 Å². The Labute approximate surface area is 146 Å². The van der Waals surface area contributed by atoms with Crippen LogP contribution in [0.1, 0.15) is 31.4 Å². The van der Waals surface area contributed by atoms with Crippen molar-refractivity contribution in [1.82, 2.24) is 25.5 Å². The third kappa shape index (κ3) is 3.48. The molecule has 3 aliphatic heterocycles. The highest BCUT2D eigenvalue weighted by Crippen LogP contribution is 2.23. The Bertz CT molecular complexity index is 705. The van der Waals surface area contributed by atoms with Crippen LogP contribution in [0.5, 0.6) is 0 Å². The fourth-order valence-electron chi connectivity index (χ4n) is 3.76. The second-order valence-corrected chi connectivity index (χ2v) is 6.71. The van der Waals surface area contributed by atoms with E-state index in [9.17, 15) is 9.59 Å². The maximum Gasteiger partial charge on any atom is 0.326 e. The summed E-state index contributed by atoms with van der Waals surface area (Å²) in [5.74, 6) is 0.246. The van der Waals surface area contributed by atoms with Crippen molar-refractivity contribution in [3.8, 4) is 0 Å². The van der Waals surface area contributed by atoms with E-state index in [1.54, 1.807) is 18.3 Å². The summed E-state index contributed by atoms with van der Waals surface area (Å²) in [4.78, 5) is 36.5. The molecule has 0 bridgehead atoms. The summed E-state index contributed by atoms with van der Waals surface area (Å²) < 4.78 is 0. The number of anilines is 1. The third-order valence-electron chi connectivity index (χ3n) is 5.08. The molecule has 0 spiro atoms. The Kier molecular flexibility index (Phi) is 4.35. The van der Waals surface area contributed by atoms with Crippen LogP contribution in [0.3, 0.4) is 0 Å². The number of imide groups is 1. The molecule has 0 aliphatic carbocycles. The molecule has 0 aromatic carbocycles. The van der Waals surface area contributed by atoms with E-state index in [4.69, 9.17) is 0 Å². The van der Waals surface area contributed by atoms with E-state index in [2.05, 4.69) is 30.4 Å². The number of carbonyl (C=O) groups excluding carboxylic acids is 2. The molecular formula is C17H22N6O2. The van der Waals surface area contributed by atoms with Gasteiger partial charge in [-0.05, 0) is 50.9 Å². The smallest absolute Gasteiger partial charge is 0.326 e. The highest BCUT2D eigenvalue weighted by atomic mass is 16.2. The van der Waals surface area contributed by atoms with Crippen molar-refractivity contribution in [3.05, 3.63) is 23.7 Å². The van der Waals surface area contributed by atoms with Gasteiger partial charge in [-0.3, -0.25) is 10.1 Å². The van der Waals surface area contributed by atoms with Crippen LogP contribution in [0.4, 0.5) is 10.7 Å². The molecule has 1 aromatic heterocycles. The van der Waals surface area contributed by atoms with E-state index in [-0.39, 0.29) is 5.70 Å². The van der Waals surface area contributed by atoms with Crippen LogP contribution < -0.4 is 15.5 Å². The summed E-state index contributed by atoms with van der Waals surface area (Å²) in [6.45, 7) is 4.35. The van der Waals surface area contributed by atoms with E-state index in [0.29, 0.717) is 17.7 Å². The molecule has 3 aliphatic rings. The molecule has 0 atom stereocenters. The van der Waals surface area contributed by atoms with E-state index in [0.717, 1.165) is 25.9 Å². The Morgan fingerprint density at radius 2 is 1.84 bits per heavy atom. The predicted octanol–water partition coefficient (Wildman–Crippen LogP) is 0.721. The largest absolute Gasteiger partial charge is 0.341 e. The summed E-state index contributed by atoms with van der Waals surface area (Å²) in [6.07, 6.45) is 8.17. The number of piperidine rings is 1. The van der Waals surface area contributed by atoms with Crippen LogP contribution >= 0.6 is 0 Å². The molecule has 132 valence electrons. The lowest BCUT2D eigenvalue weighted by atomic mass is 10.0. The summed E-state index contributed by atoms with van der Waals surface area (Å²) in [6, 6.07) is 1.90. The lowest BCUT2D eigenvalue weighted by Gasteiger charge is -2.36. The van der Waals surface area contributed by atoms with Crippen LogP contribution in [0.25, 0.3) is 6.08 Å². The minimum Gasteiger partial charge on any atom is -0.341 e. The van der Waals surface area contributed by atoms with Gasteiger partial charge >= 0.3 is 6.03 Å². The quantitative estimate of drug-likeness (QED) is 0.621. The van der Waals surface area contributed by atoms with E-state index in [1.807, 2.05) is 0 Å². The Morgan fingerprint density at radius 1 is 1.08 bits per heavy atom. The first kappa shape index (κ1) is 16.0. The molecule has 3 fully saturated rings. The first-order valence-electron chi connectivity index (χ1n) is 8.85. The summed E-state index contributed by atoms with van der Waals surface area (Å²) in [5.41, 5.74) is 0.821. The maximum atomic E-state index is 11.6. The molecule has 3 amide bonds. The molecule has 1 aromatic rings. The van der Waals surface area contributed by atoms with Crippen molar-refractivity contribution in [2.24, 2.45) is 0 Å². The van der Waals surface area contributed by atoms with Gasteiger partial charge in [0, 0.05) is 25.3 Å². The predicted molar refractivity (Wildman–Crippen MR) is 92.7 cm³/mol. The van der Waals surface area contributed by atoms with Gasteiger partial charge in [0.05, 0.1) is 5.69 Å².